The third-order valence-electron chi connectivity index (χ3n) is 8.84. The molecule has 2 rings (SSSR count). The van der Waals surface area contributed by atoms with Crippen LogP contribution in [-0.4, -0.2) is 51.8 Å². The largest absolute Gasteiger partial charge is 0.487 e. The number of aryl methyl sites for hydroxylation is 2. The summed E-state index contributed by atoms with van der Waals surface area (Å²) in [5.41, 5.74) is 3.26. The van der Waals surface area contributed by atoms with Crippen molar-refractivity contribution in [1.29, 1.82) is 0 Å². The van der Waals surface area contributed by atoms with Gasteiger partial charge in [0.1, 0.15) is 23.5 Å². The van der Waals surface area contributed by atoms with Crippen LogP contribution >= 0.6 is 0 Å². The molecule has 0 aromatic heterocycles. The fraction of sp³-hybridized carbons (Fsp3) is 0.576. The van der Waals surface area contributed by atoms with Gasteiger partial charge in [-0.1, -0.05) is 65.8 Å². The molecule has 1 amide bonds. The number of carbonyl (C=O) groups is 2. The number of ether oxygens (including phenoxy) is 1. The normalized spacial score (nSPS) is 16.5. The van der Waals surface area contributed by atoms with Gasteiger partial charge in [-0.2, -0.15) is 0 Å². The summed E-state index contributed by atoms with van der Waals surface area (Å²) in [6.45, 7) is 19.9. The molecule has 216 valence electrons. The summed E-state index contributed by atoms with van der Waals surface area (Å²) in [6, 6.07) is 11.2. The number of rotatable bonds is 11. The molecule has 0 aliphatic carbocycles. The fourth-order valence-electron chi connectivity index (χ4n) is 5.36. The molecule has 0 bridgehead atoms. The van der Waals surface area contributed by atoms with E-state index in [0.29, 0.717) is 12.0 Å². The fourth-order valence-corrected chi connectivity index (χ4v) is 5.36. The molecule has 6 nitrogen and oxygen atoms in total. The lowest BCUT2D eigenvalue weighted by molar-refractivity contribution is -0.141. The number of likely N-dealkylation sites (N-methyl/N-ethyl adjacent to an activating group) is 1. The van der Waals surface area contributed by atoms with E-state index in [9.17, 15) is 19.8 Å². The number of carboxylic acid groups (broad SMARTS) is 1. The van der Waals surface area contributed by atoms with Crippen molar-refractivity contribution in [2.75, 3.05) is 7.05 Å². The summed E-state index contributed by atoms with van der Waals surface area (Å²) in [6.07, 6.45) is 1.94. The Morgan fingerprint density at radius 3 is 2.03 bits per heavy atom. The summed E-state index contributed by atoms with van der Waals surface area (Å²) in [7, 11) is 1.52. The number of aliphatic hydroxyl groups is 1. The van der Waals surface area contributed by atoms with E-state index in [4.69, 9.17) is 4.74 Å². The lowest BCUT2D eigenvalue weighted by Crippen LogP contribution is -2.53. The third kappa shape index (κ3) is 6.84. The van der Waals surface area contributed by atoms with Gasteiger partial charge in [0, 0.05) is 12.6 Å². The molecular weight excluding hydrogens is 490 g/mol. The molecule has 0 heterocycles. The number of carboxylic acids is 1. The van der Waals surface area contributed by atoms with Crippen LogP contribution in [0.5, 0.6) is 5.75 Å². The molecule has 4 unspecified atom stereocenters. The highest BCUT2D eigenvalue weighted by Gasteiger charge is 2.44. The predicted molar refractivity (Wildman–Crippen MR) is 158 cm³/mol. The number of hydrogen-bond acceptors (Lipinski definition) is 4. The van der Waals surface area contributed by atoms with Crippen LogP contribution < -0.4 is 4.74 Å². The molecule has 0 fully saturated rings. The molecular formula is C33H49NO5. The van der Waals surface area contributed by atoms with E-state index in [2.05, 4.69) is 32.0 Å². The molecule has 0 aliphatic rings. The van der Waals surface area contributed by atoms with Crippen molar-refractivity contribution in [3.05, 3.63) is 64.2 Å². The lowest BCUT2D eigenvalue weighted by atomic mass is 9.71. The van der Waals surface area contributed by atoms with Crippen molar-refractivity contribution in [3.63, 3.8) is 0 Å². The summed E-state index contributed by atoms with van der Waals surface area (Å²) in [5.74, 6) is -0.553. The average molecular weight is 540 g/mol. The second-order valence-electron chi connectivity index (χ2n) is 12.4. The Kier molecular flexibility index (Phi) is 10.1. The van der Waals surface area contributed by atoms with E-state index in [1.54, 1.807) is 0 Å². The molecule has 0 saturated heterocycles. The second kappa shape index (κ2) is 12.1. The third-order valence-corrected chi connectivity index (χ3v) is 8.84. The highest BCUT2D eigenvalue weighted by molar-refractivity contribution is 5.97. The van der Waals surface area contributed by atoms with Gasteiger partial charge < -0.3 is 19.8 Å². The Hall–Kier alpha value is -2.86. The van der Waals surface area contributed by atoms with Crippen LogP contribution in [0.15, 0.2) is 36.4 Å². The Labute approximate surface area is 235 Å². The standard InChI is InChI=1S/C33H49NO5/c1-12-32(10,26-15-16-27(21(3)19-26)29(35)34(11)23(5)30(36)37)20-25-14-17-28(22(4)18-25)39-24(6)33(38,13-2)31(7,8)9/h14-19,23-24,38H,12-13,20H2,1-11H3,(H,36,37). The Balaban J connectivity index is 2.29. The van der Waals surface area contributed by atoms with E-state index >= 15 is 0 Å². The van der Waals surface area contributed by atoms with Crippen molar-refractivity contribution in [3.8, 4) is 5.75 Å². The molecule has 6 heteroatoms. The van der Waals surface area contributed by atoms with E-state index in [1.807, 2.05) is 66.7 Å². The average Bonchev–Trinajstić information content (AvgIpc) is 2.87. The number of amides is 1. The Bertz CT molecular complexity index is 1180. The van der Waals surface area contributed by atoms with Gasteiger partial charge in [-0.05, 0) is 92.2 Å². The van der Waals surface area contributed by atoms with Gasteiger partial charge in [-0.25, -0.2) is 4.79 Å². The van der Waals surface area contributed by atoms with Gasteiger partial charge in [0.05, 0.1) is 0 Å². The van der Waals surface area contributed by atoms with Crippen LogP contribution in [0.25, 0.3) is 0 Å². The number of nitrogens with zero attached hydrogens (tertiary/aromatic N) is 1. The van der Waals surface area contributed by atoms with Crippen molar-refractivity contribution in [2.24, 2.45) is 5.41 Å². The molecule has 39 heavy (non-hydrogen) atoms. The Morgan fingerprint density at radius 2 is 1.56 bits per heavy atom. The molecule has 0 radical (unpaired) electrons. The summed E-state index contributed by atoms with van der Waals surface area (Å²) >= 11 is 0. The molecule has 2 N–H and O–H groups in total. The van der Waals surface area contributed by atoms with E-state index in [-0.39, 0.29) is 22.8 Å². The van der Waals surface area contributed by atoms with Crippen LogP contribution in [0.3, 0.4) is 0 Å². The first-order valence-corrected chi connectivity index (χ1v) is 14.0. The highest BCUT2D eigenvalue weighted by Crippen LogP contribution is 2.39. The maximum atomic E-state index is 12.9. The van der Waals surface area contributed by atoms with E-state index in [1.165, 1.54) is 24.4 Å². The first-order chi connectivity index (χ1) is 17.9. The van der Waals surface area contributed by atoms with Gasteiger partial charge >= 0.3 is 5.97 Å². The minimum atomic E-state index is -1.03. The van der Waals surface area contributed by atoms with Crippen molar-refractivity contribution >= 4 is 11.9 Å². The number of aliphatic carboxylic acids is 1. The summed E-state index contributed by atoms with van der Waals surface area (Å²) in [4.78, 5) is 25.6. The van der Waals surface area contributed by atoms with Crippen molar-refractivity contribution in [1.82, 2.24) is 4.90 Å². The summed E-state index contributed by atoms with van der Waals surface area (Å²) in [5, 5.41) is 20.6. The van der Waals surface area contributed by atoms with E-state index in [0.717, 1.165) is 35.3 Å². The number of hydrogen-bond donors (Lipinski definition) is 2. The van der Waals surface area contributed by atoms with Gasteiger partial charge in [0.25, 0.3) is 5.91 Å². The van der Waals surface area contributed by atoms with Crippen LogP contribution in [0.1, 0.15) is 101 Å². The molecule has 4 atom stereocenters. The maximum Gasteiger partial charge on any atom is 0.326 e. The van der Waals surface area contributed by atoms with Crippen LogP contribution in [0, 0.1) is 19.3 Å². The monoisotopic (exact) mass is 539 g/mol. The first kappa shape index (κ1) is 32.4. The predicted octanol–water partition coefficient (Wildman–Crippen LogP) is 6.71. The van der Waals surface area contributed by atoms with Gasteiger partial charge in [-0.15, -0.1) is 0 Å². The number of carbonyl (C=O) groups excluding carboxylic acids is 1. The van der Waals surface area contributed by atoms with Gasteiger partial charge in [0.2, 0.25) is 0 Å². The molecule has 0 saturated carbocycles. The molecule has 2 aromatic carbocycles. The SMILES string of the molecule is CCC(C)(Cc1ccc(OC(C)C(O)(CC)C(C)(C)C)c(C)c1)c1ccc(C(=O)N(C)C(C)C(=O)O)c(C)c1. The zero-order valence-corrected chi connectivity index (χ0v) is 25.8. The van der Waals surface area contributed by atoms with Crippen molar-refractivity contribution in [2.45, 2.75) is 112 Å². The number of benzene rings is 2. The smallest absolute Gasteiger partial charge is 0.326 e. The minimum absolute atomic E-state index is 0.163. The Morgan fingerprint density at radius 1 is 0.949 bits per heavy atom. The highest BCUT2D eigenvalue weighted by atomic mass is 16.5. The van der Waals surface area contributed by atoms with Crippen LogP contribution in [0.2, 0.25) is 0 Å². The quantitative estimate of drug-likeness (QED) is 0.331. The molecule has 0 spiro atoms. The molecule has 0 aliphatic heterocycles. The van der Waals surface area contributed by atoms with Gasteiger partial charge in [0.15, 0.2) is 0 Å². The summed E-state index contributed by atoms with van der Waals surface area (Å²) < 4.78 is 6.30. The molecule has 2 aromatic rings. The van der Waals surface area contributed by atoms with Crippen molar-refractivity contribution < 1.29 is 24.5 Å². The van der Waals surface area contributed by atoms with Crippen LogP contribution in [-0.2, 0) is 16.6 Å². The van der Waals surface area contributed by atoms with Gasteiger partial charge in [-0.3, -0.25) is 4.79 Å². The topological polar surface area (TPSA) is 87.1 Å². The minimum Gasteiger partial charge on any atom is -0.487 e. The van der Waals surface area contributed by atoms with Crippen LogP contribution in [0.4, 0.5) is 0 Å². The first-order valence-electron chi connectivity index (χ1n) is 14.0. The zero-order chi connectivity index (χ0) is 29.9. The lowest BCUT2D eigenvalue weighted by Gasteiger charge is -2.44. The maximum absolute atomic E-state index is 12.9. The van der Waals surface area contributed by atoms with E-state index < -0.39 is 17.6 Å². The second-order valence-corrected chi connectivity index (χ2v) is 12.4. The zero-order valence-electron chi connectivity index (χ0n) is 25.8.